The number of alkyl halides is 3. The van der Waals surface area contributed by atoms with Crippen LogP contribution in [0.5, 0.6) is 0 Å². The second kappa shape index (κ2) is 10.1. The normalized spacial score (nSPS) is 14.7. The number of halogens is 4. The number of fused-ring (bicyclic) bond motifs is 1. The van der Waals surface area contributed by atoms with Gasteiger partial charge in [-0.2, -0.15) is 13.2 Å². The highest BCUT2D eigenvalue weighted by Gasteiger charge is 2.36. The zero-order valence-electron chi connectivity index (χ0n) is 21.4. The van der Waals surface area contributed by atoms with E-state index in [1.807, 2.05) is 24.3 Å². The van der Waals surface area contributed by atoms with Gasteiger partial charge in [-0.05, 0) is 59.7 Å². The summed E-state index contributed by atoms with van der Waals surface area (Å²) < 4.78 is 64.5. The summed E-state index contributed by atoms with van der Waals surface area (Å²) in [4.78, 5) is 4.27. The molecule has 2 N–H and O–H groups in total. The van der Waals surface area contributed by atoms with Crippen molar-refractivity contribution in [2.45, 2.75) is 31.7 Å². The molecule has 1 saturated carbocycles. The number of hydrogen-bond acceptors (Lipinski definition) is 6. The Morgan fingerprint density at radius 3 is 2.55 bits per heavy atom. The molecule has 40 heavy (non-hydrogen) atoms. The lowest BCUT2D eigenvalue weighted by molar-refractivity contribution is -0.136. The summed E-state index contributed by atoms with van der Waals surface area (Å²) >= 11 is 0. The molecule has 1 aliphatic carbocycles. The number of hydrogen-bond donors (Lipinski definition) is 2. The topological polar surface area (TPSA) is 89.0 Å². The van der Waals surface area contributed by atoms with E-state index in [9.17, 15) is 18.3 Å². The van der Waals surface area contributed by atoms with Crippen molar-refractivity contribution >= 4 is 11.1 Å². The third-order valence-corrected chi connectivity index (χ3v) is 7.09. The van der Waals surface area contributed by atoms with Crippen molar-refractivity contribution in [3.63, 3.8) is 0 Å². The number of aliphatic hydroxyl groups excluding tert-OH is 1. The molecule has 1 atom stereocenters. The molecule has 6 rings (SSSR count). The van der Waals surface area contributed by atoms with E-state index in [0.717, 1.165) is 30.0 Å². The first-order valence-corrected chi connectivity index (χ1v) is 12.8. The molecule has 3 aromatic carbocycles. The van der Waals surface area contributed by atoms with Gasteiger partial charge in [0.25, 0.3) is 0 Å². The molecule has 0 amide bonds. The molecule has 5 aromatic rings. The molecule has 0 unspecified atom stereocenters. The molecule has 0 aliphatic heterocycles. The van der Waals surface area contributed by atoms with Gasteiger partial charge in [0.2, 0.25) is 5.89 Å². The smallest absolute Gasteiger partial charge is 0.420 e. The SMILES string of the molecule is Cn1cnnc1-c1ccccc1-c1ccc(F)c(-c2nc3cc(CNC[C@H](O)C4CC4)cc(C(F)(F)F)c3o2)c1. The Balaban J connectivity index is 1.38. The molecule has 1 aliphatic rings. The van der Waals surface area contributed by atoms with Crippen LogP contribution < -0.4 is 5.32 Å². The van der Waals surface area contributed by atoms with Gasteiger partial charge in [0.1, 0.15) is 23.2 Å². The van der Waals surface area contributed by atoms with Crippen molar-refractivity contribution in [3.05, 3.63) is 77.9 Å². The minimum absolute atomic E-state index is 0.0337. The molecule has 7 nitrogen and oxygen atoms in total. The molecule has 0 spiro atoms. The number of nitrogens with one attached hydrogen (secondary N) is 1. The predicted octanol–water partition coefficient (Wildman–Crippen LogP) is 5.98. The van der Waals surface area contributed by atoms with Crippen LogP contribution in [0.1, 0.15) is 24.0 Å². The zero-order chi connectivity index (χ0) is 28.0. The first-order valence-electron chi connectivity index (χ1n) is 12.8. The molecular weight excluding hydrogens is 526 g/mol. The summed E-state index contributed by atoms with van der Waals surface area (Å²) in [5.41, 5.74) is 0.855. The standard InChI is InChI=1S/C29H25F4N5O2/c1-38-15-35-37-27(38)20-5-3-2-4-19(20)18-8-9-23(30)21(12-18)28-36-24-11-16(13-34-14-25(39)17-6-7-17)10-22(26(24)40-28)29(31,32)33/h2-5,8-12,15,17,25,34,39H,6-7,13-14H2,1H3/t25-/m0/s1. The average molecular weight is 552 g/mol. The van der Waals surface area contributed by atoms with Crippen LogP contribution in [0.3, 0.4) is 0 Å². The Hall–Kier alpha value is -4.09. The highest BCUT2D eigenvalue weighted by atomic mass is 19.4. The van der Waals surface area contributed by atoms with E-state index < -0.39 is 29.2 Å². The molecule has 0 saturated heterocycles. The van der Waals surface area contributed by atoms with Gasteiger partial charge in [-0.25, -0.2) is 9.37 Å². The Bertz CT molecular complexity index is 1690. The zero-order valence-corrected chi connectivity index (χ0v) is 21.4. The van der Waals surface area contributed by atoms with Crippen LogP contribution >= 0.6 is 0 Å². The molecule has 2 heterocycles. The number of aliphatic hydroxyl groups is 1. The fourth-order valence-electron chi connectivity index (χ4n) is 4.84. The van der Waals surface area contributed by atoms with E-state index in [1.165, 1.54) is 18.2 Å². The number of benzene rings is 3. The van der Waals surface area contributed by atoms with Crippen molar-refractivity contribution in [2.24, 2.45) is 13.0 Å². The van der Waals surface area contributed by atoms with Crippen molar-refractivity contribution in [1.29, 1.82) is 0 Å². The fraction of sp³-hybridized carbons (Fsp3) is 0.276. The van der Waals surface area contributed by atoms with Gasteiger partial charge in [-0.1, -0.05) is 30.3 Å². The van der Waals surface area contributed by atoms with Crippen molar-refractivity contribution < 1.29 is 27.1 Å². The number of aromatic nitrogens is 4. The minimum Gasteiger partial charge on any atom is -0.435 e. The van der Waals surface area contributed by atoms with E-state index >= 15 is 4.39 Å². The second-order valence-electron chi connectivity index (χ2n) is 10.0. The quantitative estimate of drug-likeness (QED) is 0.231. The molecule has 0 bridgehead atoms. The number of aryl methyl sites for hydroxylation is 1. The number of nitrogens with zero attached hydrogens (tertiary/aromatic N) is 4. The first kappa shape index (κ1) is 26.1. The Kier molecular flexibility index (Phi) is 6.63. The van der Waals surface area contributed by atoms with Crippen LogP contribution in [0.25, 0.3) is 45.1 Å². The number of rotatable bonds is 8. The van der Waals surface area contributed by atoms with Crippen LogP contribution in [0.4, 0.5) is 17.6 Å². The third kappa shape index (κ3) is 5.09. The maximum atomic E-state index is 15.1. The monoisotopic (exact) mass is 551 g/mol. The van der Waals surface area contributed by atoms with Crippen LogP contribution in [-0.4, -0.2) is 37.5 Å². The van der Waals surface area contributed by atoms with Gasteiger partial charge in [0.15, 0.2) is 11.4 Å². The van der Waals surface area contributed by atoms with Gasteiger partial charge in [-0.15, -0.1) is 10.2 Å². The maximum Gasteiger partial charge on any atom is 0.420 e. The summed E-state index contributed by atoms with van der Waals surface area (Å²) in [6.45, 7) is 0.385. The lowest BCUT2D eigenvalue weighted by Crippen LogP contribution is -2.27. The molecule has 0 radical (unpaired) electrons. The molecular formula is C29H25F4N5O2. The van der Waals surface area contributed by atoms with Gasteiger partial charge in [0.05, 0.1) is 11.7 Å². The fourth-order valence-corrected chi connectivity index (χ4v) is 4.84. The Morgan fingerprint density at radius 2 is 1.85 bits per heavy atom. The molecule has 1 fully saturated rings. The van der Waals surface area contributed by atoms with Crippen LogP contribution in [0.15, 0.2) is 65.3 Å². The van der Waals surface area contributed by atoms with Gasteiger partial charge < -0.3 is 19.4 Å². The summed E-state index contributed by atoms with van der Waals surface area (Å²) in [5, 5.41) is 21.2. The average Bonchev–Trinajstić information content (AvgIpc) is 3.56. The maximum absolute atomic E-state index is 15.1. The Morgan fingerprint density at radius 1 is 1.07 bits per heavy atom. The molecule has 2 aromatic heterocycles. The van der Waals surface area contributed by atoms with Gasteiger partial charge in [-0.3, -0.25) is 0 Å². The summed E-state index contributed by atoms with van der Waals surface area (Å²) in [6.07, 6.45) is -1.76. The highest BCUT2D eigenvalue weighted by molar-refractivity contribution is 5.84. The molecule has 11 heteroatoms. The summed E-state index contributed by atoms with van der Waals surface area (Å²) in [5.74, 6) is -0.0954. The van der Waals surface area contributed by atoms with Crippen molar-refractivity contribution in [1.82, 2.24) is 25.1 Å². The lowest BCUT2D eigenvalue weighted by atomic mass is 9.97. The van der Waals surface area contributed by atoms with E-state index in [2.05, 4.69) is 20.5 Å². The van der Waals surface area contributed by atoms with E-state index in [-0.39, 0.29) is 36.0 Å². The largest absolute Gasteiger partial charge is 0.435 e. The van der Waals surface area contributed by atoms with E-state index in [0.29, 0.717) is 17.0 Å². The predicted molar refractivity (Wildman–Crippen MR) is 140 cm³/mol. The van der Waals surface area contributed by atoms with Crippen LogP contribution in [0, 0.1) is 11.7 Å². The van der Waals surface area contributed by atoms with Crippen LogP contribution in [0.2, 0.25) is 0 Å². The third-order valence-electron chi connectivity index (χ3n) is 7.09. The Labute approximate surface area is 226 Å². The lowest BCUT2D eigenvalue weighted by Gasteiger charge is -2.12. The summed E-state index contributed by atoms with van der Waals surface area (Å²) in [6, 6.07) is 14.2. The van der Waals surface area contributed by atoms with Gasteiger partial charge >= 0.3 is 6.18 Å². The molecule has 206 valence electrons. The second-order valence-corrected chi connectivity index (χ2v) is 10.0. The summed E-state index contributed by atoms with van der Waals surface area (Å²) in [7, 11) is 1.80. The minimum atomic E-state index is -4.71. The number of oxazole rings is 1. The van der Waals surface area contributed by atoms with Crippen LogP contribution in [-0.2, 0) is 19.8 Å². The first-order chi connectivity index (χ1) is 19.2. The van der Waals surface area contributed by atoms with E-state index in [1.54, 1.807) is 24.0 Å². The van der Waals surface area contributed by atoms with E-state index in [4.69, 9.17) is 4.42 Å². The van der Waals surface area contributed by atoms with Gasteiger partial charge in [0, 0.05) is 25.7 Å². The van der Waals surface area contributed by atoms with Crippen molar-refractivity contribution in [3.8, 4) is 34.0 Å². The van der Waals surface area contributed by atoms with Crippen molar-refractivity contribution in [2.75, 3.05) is 6.54 Å². The highest BCUT2D eigenvalue weighted by Crippen LogP contribution is 2.39.